The topological polar surface area (TPSA) is 9.23 Å². The van der Waals surface area contributed by atoms with Crippen molar-refractivity contribution in [2.75, 3.05) is 18.1 Å². The summed E-state index contributed by atoms with van der Waals surface area (Å²) in [6.07, 6.45) is 2.03. The Hall–Kier alpha value is -0.110. The molecule has 0 N–H and O–H groups in total. The van der Waals surface area contributed by atoms with Crippen molar-refractivity contribution in [3.8, 4) is 0 Å². The first-order valence-corrected chi connectivity index (χ1v) is 4.86. The maximum atomic E-state index is 5.33. The molecule has 0 spiro atoms. The van der Waals surface area contributed by atoms with Gasteiger partial charge in [0, 0.05) is 0 Å². The fourth-order valence-corrected chi connectivity index (χ4v) is 1.25. The number of hydrogen-bond donors (Lipinski definition) is 0. The van der Waals surface area contributed by atoms with E-state index in [1.165, 1.54) is 0 Å². The van der Waals surface area contributed by atoms with Gasteiger partial charge in [0.25, 0.3) is 0 Å². The van der Waals surface area contributed by atoms with E-state index in [4.69, 9.17) is 4.74 Å². The molecule has 60 valence electrons. The third-order valence-electron chi connectivity index (χ3n) is 1.10. The number of rotatable bonds is 5. The SMILES string of the molecule is C/C=C(/CSCC)OCC. The van der Waals surface area contributed by atoms with Gasteiger partial charge < -0.3 is 4.74 Å². The van der Waals surface area contributed by atoms with Crippen LogP contribution in [0.3, 0.4) is 0 Å². The van der Waals surface area contributed by atoms with Crippen molar-refractivity contribution < 1.29 is 4.74 Å². The van der Waals surface area contributed by atoms with Gasteiger partial charge >= 0.3 is 0 Å². The van der Waals surface area contributed by atoms with Crippen LogP contribution in [0.25, 0.3) is 0 Å². The van der Waals surface area contributed by atoms with Gasteiger partial charge in [-0.05, 0) is 25.7 Å². The third kappa shape index (κ3) is 4.74. The second-order valence-electron chi connectivity index (χ2n) is 1.83. The van der Waals surface area contributed by atoms with Gasteiger partial charge in [-0.2, -0.15) is 11.8 Å². The first-order valence-electron chi connectivity index (χ1n) is 3.70. The van der Waals surface area contributed by atoms with Crippen molar-refractivity contribution in [2.45, 2.75) is 20.8 Å². The quantitative estimate of drug-likeness (QED) is 0.572. The molecule has 0 aromatic heterocycles. The largest absolute Gasteiger partial charge is 0.498 e. The van der Waals surface area contributed by atoms with E-state index in [-0.39, 0.29) is 0 Å². The number of ether oxygens (including phenoxy) is 1. The number of hydrogen-bond acceptors (Lipinski definition) is 2. The molecule has 0 aliphatic carbocycles. The van der Waals surface area contributed by atoms with E-state index in [9.17, 15) is 0 Å². The minimum atomic E-state index is 0.782. The van der Waals surface area contributed by atoms with Gasteiger partial charge in [0.1, 0.15) is 5.76 Å². The van der Waals surface area contributed by atoms with Gasteiger partial charge in [0.15, 0.2) is 0 Å². The average molecular weight is 160 g/mol. The van der Waals surface area contributed by atoms with Gasteiger partial charge in [-0.25, -0.2) is 0 Å². The molecular weight excluding hydrogens is 144 g/mol. The summed E-state index contributed by atoms with van der Waals surface area (Å²) in [4.78, 5) is 0. The molecule has 0 aromatic rings. The summed E-state index contributed by atoms with van der Waals surface area (Å²) in [5.74, 6) is 3.28. The minimum absolute atomic E-state index is 0.782. The molecule has 0 amide bonds. The van der Waals surface area contributed by atoms with Crippen molar-refractivity contribution in [3.63, 3.8) is 0 Å². The van der Waals surface area contributed by atoms with E-state index in [0.29, 0.717) is 0 Å². The first-order chi connectivity index (χ1) is 4.85. The molecule has 0 bridgehead atoms. The Labute approximate surface area is 67.8 Å². The van der Waals surface area contributed by atoms with Crippen LogP contribution in [0.2, 0.25) is 0 Å². The summed E-state index contributed by atoms with van der Waals surface area (Å²) in [5, 5.41) is 0. The van der Waals surface area contributed by atoms with Crippen LogP contribution in [0.15, 0.2) is 11.8 Å². The minimum Gasteiger partial charge on any atom is -0.498 e. The molecule has 1 nitrogen and oxygen atoms in total. The highest BCUT2D eigenvalue weighted by Crippen LogP contribution is 2.07. The normalized spacial score (nSPS) is 11.7. The molecule has 0 fully saturated rings. The maximum absolute atomic E-state index is 5.33. The smallest absolute Gasteiger partial charge is 0.102 e. The summed E-state index contributed by atoms with van der Waals surface area (Å²) in [5.41, 5.74) is 0. The lowest BCUT2D eigenvalue weighted by Gasteiger charge is -2.05. The van der Waals surface area contributed by atoms with E-state index in [1.54, 1.807) is 0 Å². The van der Waals surface area contributed by atoms with Gasteiger partial charge in [-0.15, -0.1) is 0 Å². The number of thioether (sulfide) groups is 1. The first kappa shape index (κ1) is 9.89. The van der Waals surface area contributed by atoms with E-state index in [2.05, 4.69) is 6.92 Å². The molecule has 10 heavy (non-hydrogen) atoms. The Morgan fingerprint density at radius 2 is 2.20 bits per heavy atom. The lowest BCUT2D eigenvalue weighted by Crippen LogP contribution is -1.94. The van der Waals surface area contributed by atoms with Crippen LogP contribution in [0.4, 0.5) is 0 Å². The molecule has 0 saturated carbocycles. The van der Waals surface area contributed by atoms with Crippen molar-refractivity contribution >= 4 is 11.8 Å². The zero-order chi connectivity index (χ0) is 7.82. The van der Waals surface area contributed by atoms with Gasteiger partial charge in [0.2, 0.25) is 0 Å². The average Bonchev–Trinajstić information content (AvgIpc) is 1.98. The summed E-state index contributed by atoms with van der Waals surface area (Å²) < 4.78 is 5.33. The lowest BCUT2D eigenvalue weighted by molar-refractivity contribution is 0.233. The standard InChI is InChI=1S/C8H16OS/c1-4-8(9-5-2)7-10-6-3/h4H,5-7H2,1-3H3/b8-4-. The molecule has 0 unspecified atom stereocenters. The molecule has 0 atom stereocenters. The third-order valence-corrected chi connectivity index (χ3v) is 2.00. The molecule has 0 aliphatic rings. The Kier molecular flexibility index (Phi) is 6.93. The van der Waals surface area contributed by atoms with Crippen LogP contribution in [0.5, 0.6) is 0 Å². The Balaban J connectivity index is 3.41. The Morgan fingerprint density at radius 3 is 2.60 bits per heavy atom. The summed E-state index contributed by atoms with van der Waals surface area (Å²) in [6, 6.07) is 0. The van der Waals surface area contributed by atoms with Crippen LogP contribution < -0.4 is 0 Å². The molecule has 2 heteroatoms. The zero-order valence-corrected chi connectivity index (χ0v) is 7.83. The van der Waals surface area contributed by atoms with Crippen molar-refractivity contribution in [3.05, 3.63) is 11.8 Å². The highest BCUT2D eigenvalue weighted by molar-refractivity contribution is 7.99. The van der Waals surface area contributed by atoms with E-state index in [0.717, 1.165) is 23.9 Å². The van der Waals surface area contributed by atoms with E-state index >= 15 is 0 Å². The van der Waals surface area contributed by atoms with Crippen molar-refractivity contribution in [1.29, 1.82) is 0 Å². The lowest BCUT2D eigenvalue weighted by atomic mass is 10.5. The van der Waals surface area contributed by atoms with Crippen LogP contribution in [0, 0.1) is 0 Å². The molecule has 0 aliphatic heterocycles. The van der Waals surface area contributed by atoms with E-state index < -0.39 is 0 Å². The van der Waals surface area contributed by atoms with Gasteiger partial charge in [-0.3, -0.25) is 0 Å². The van der Waals surface area contributed by atoms with Gasteiger partial charge in [-0.1, -0.05) is 6.92 Å². The summed E-state index contributed by atoms with van der Waals surface area (Å²) in [6.45, 7) is 6.97. The van der Waals surface area contributed by atoms with Crippen molar-refractivity contribution in [2.24, 2.45) is 0 Å². The molecule has 0 radical (unpaired) electrons. The van der Waals surface area contributed by atoms with E-state index in [1.807, 2.05) is 31.7 Å². The monoisotopic (exact) mass is 160 g/mol. The maximum Gasteiger partial charge on any atom is 0.102 e. The van der Waals surface area contributed by atoms with Crippen LogP contribution in [-0.2, 0) is 4.74 Å². The summed E-state index contributed by atoms with van der Waals surface area (Å²) in [7, 11) is 0. The van der Waals surface area contributed by atoms with Crippen molar-refractivity contribution in [1.82, 2.24) is 0 Å². The summed E-state index contributed by atoms with van der Waals surface area (Å²) >= 11 is 1.89. The zero-order valence-electron chi connectivity index (χ0n) is 7.02. The highest BCUT2D eigenvalue weighted by atomic mass is 32.2. The van der Waals surface area contributed by atoms with Crippen LogP contribution in [0.1, 0.15) is 20.8 Å². The fourth-order valence-electron chi connectivity index (χ4n) is 0.596. The molecule has 0 heterocycles. The Morgan fingerprint density at radius 1 is 1.50 bits per heavy atom. The molecule has 0 saturated heterocycles. The second-order valence-corrected chi connectivity index (χ2v) is 3.10. The van der Waals surface area contributed by atoms with Gasteiger partial charge in [0.05, 0.1) is 12.4 Å². The Bertz CT molecular complexity index is 99.4. The number of allylic oxidation sites excluding steroid dienone is 1. The predicted octanol–water partition coefficient (Wildman–Crippen LogP) is 2.68. The molecule has 0 aromatic carbocycles. The fraction of sp³-hybridized carbons (Fsp3) is 0.750. The van der Waals surface area contributed by atoms with Crippen LogP contribution in [-0.4, -0.2) is 18.1 Å². The van der Waals surface area contributed by atoms with Crippen LogP contribution >= 0.6 is 11.8 Å². The predicted molar refractivity (Wildman–Crippen MR) is 48.4 cm³/mol. The highest BCUT2D eigenvalue weighted by Gasteiger charge is 1.93. The molecule has 0 rings (SSSR count). The second kappa shape index (κ2) is 7.00. The molecular formula is C8H16OS.